The van der Waals surface area contributed by atoms with E-state index in [0.29, 0.717) is 6.54 Å². The number of hydrogen-bond acceptors (Lipinski definition) is 10. The number of carbonyl (C=O) groups excluding carboxylic acids is 3. The van der Waals surface area contributed by atoms with Crippen molar-refractivity contribution in [1.82, 2.24) is 45.5 Å². The molecule has 2 aliphatic heterocycles. The van der Waals surface area contributed by atoms with Crippen LogP contribution in [0.4, 0.5) is 9.59 Å². The number of alkyl carbamates (subject to hydrolysis) is 2. The van der Waals surface area contributed by atoms with E-state index in [1.165, 1.54) is 14.2 Å². The van der Waals surface area contributed by atoms with Crippen LogP contribution in [0.3, 0.4) is 0 Å². The Morgan fingerprint density at radius 3 is 2.32 bits per heavy atom. The molecular weight excluding hydrogens is 751 g/mol. The highest BCUT2D eigenvalue weighted by Crippen LogP contribution is 2.35. The Hall–Kier alpha value is -6.32. The van der Waals surface area contributed by atoms with Gasteiger partial charge in [-0.25, -0.2) is 19.6 Å². The molecule has 5 heterocycles. The minimum absolute atomic E-state index is 0.0651. The predicted octanol–water partition coefficient (Wildman–Crippen LogP) is 7.38. The summed E-state index contributed by atoms with van der Waals surface area (Å²) < 4.78 is 9.63. The van der Waals surface area contributed by atoms with Gasteiger partial charge in [0, 0.05) is 30.2 Å². The van der Waals surface area contributed by atoms with Gasteiger partial charge in [-0.3, -0.25) is 14.6 Å². The van der Waals surface area contributed by atoms with Gasteiger partial charge in [0.15, 0.2) is 0 Å². The molecule has 4 N–H and O–H groups in total. The molecule has 4 atom stereocenters. The lowest BCUT2D eigenvalue weighted by Crippen LogP contribution is -2.51. The summed E-state index contributed by atoms with van der Waals surface area (Å²) in [6.07, 6.45) is 6.01. The zero-order valence-corrected chi connectivity index (χ0v) is 33.6. The topological polar surface area (TPSA) is 180 Å². The van der Waals surface area contributed by atoms with E-state index in [0.717, 1.165) is 93.8 Å². The second-order valence-electron chi connectivity index (χ2n) is 15.4. The second kappa shape index (κ2) is 17.3. The minimum atomic E-state index is -0.693. The van der Waals surface area contributed by atoms with Crippen LogP contribution in [0.5, 0.6) is 0 Å². The number of fused-ring (bicyclic) bond motifs is 2. The van der Waals surface area contributed by atoms with Crippen LogP contribution in [0.15, 0.2) is 85.2 Å². The summed E-state index contributed by atoms with van der Waals surface area (Å²) in [6.45, 7) is 5.39. The van der Waals surface area contributed by atoms with Gasteiger partial charge in [0.25, 0.3) is 0 Å². The van der Waals surface area contributed by atoms with Crippen molar-refractivity contribution in [3.8, 4) is 22.4 Å². The number of amides is 3. The van der Waals surface area contributed by atoms with E-state index in [4.69, 9.17) is 29.3 Å². The summed E-state index contributed by atoms with van der Waals surface area (Å²) in [5.41, 5.74) is 7.30. The molecule has 0 bridgehead atoms. The molecule has 3 amide bonds. The van der Waals surface area contributed by atoms with E-state index in [2.05, 4.69) is 57.0 Å². The molecule has 59 heavy (non-hydrogen) atoms. The number of rotatable bonds is 12. The molecule has 2 fully saturated rings. The molecule has 15 nitrogen and oxygen atoms in total. The zero-order chi connectivity index (χ0) is 41.0. The Morgan fingerprint density at radius 1 is 0.780 bits per heavy atom. The van der Waals surface area contributed by atoms with Gasteiger partial charge in [0.1, 0.15) is 17.7 Å². The smallest absolute Gasteiger partial charge is 0.407 e. The standard InChI is InChI=1S/C44H49N9O6/c1-26(2)39(51-44(56)58-4)42(54)52-18-8-12-37(52)41-47-32-17-16-29(22-34(32)48-41)28-14-15-30-20-31(23-45-33(30)21-28)35-24-46-40(49-35)38-13-9-19-53(38)59-25-36(50-43(55)57-3)27-10-6-5-7-11-27/h5-7,10-11,14-17,20-24,26,36-39H,8-9,12-13,18-19,25H2,1-4H3,(H,46,49)(H,47,48)(H,50,55)(H,51,56)/t36-,37-,38-,39-/m0/s1. The summed E-state index contributed by atoms with van der Waals surface area (Å²) in [7, 11) is 2.64. The first-order valence-corrected chi connectivity index (χ1v) is 20.1. The fourth-order valence-electron chi connectivity index (χ4n) is 8.11. The van der Waals surface area contributed by atoms with Crippen LogP contribution in [0.25, 0.3) is 44.3 Å². The van der Waals surface area contributed by atoms with E-state index in [9.17, 15) is 14.4 Å². The maximum Gasteiger partial charge on any atom is 0.407 e. The number of imidazole rings is 2. The van der Waals surface area contributed by atoms with Crippen molar-refractivity contribution in [2.45, 2.75) is 63.7 Å². The highest BCUT2D eigenvalue weighted by Gasteiger charge is 2.38. The van der Waals surface area contributed by atoms with Gasteiger partial charge in [0.05, 0.1) is 67.4 Å². The van der Waals surface area contributed by atoms with Crippen molar-refractivity contribution < 1.29 is 28.7 Å². The number of aromatic amines is 2. The summed E-state index contributed by atoms with van der Waals surface area (Å²) in [4.78, 5) is 67.4. The van der Waals surface area contributed by atoms with Crippen molar-refractivity contribution in [3.63, 3.8) is 0 Å². The van der Waals surface area contributed by atoms with Crippen LogP contribution in [-0.4, -0.2) is 92.9 Å². The summed E-state index contributed by atoms with van der Waals surface area (Å²) in [6, 6.07) is 22.8. The molecule has 2 saturated heterocycles. The molecule has 0 aliphatic carbocycles. The van der Waals surface area contributed by atoms with Crippen LogP contribution < -0.4 is 10.6 Å². The number of H-pyrrole nitrogens is 2. The molecule has 0 radical (unpaired) electrons. The molecule has 3 aromatic heterocycles. The molecule has 8 rings (SSSR count). The number of benzene rings is 3. The molecule has 15 heteroatoms. The fraction of sp³-hybridized carbons (Fsp3) is 0.364. The summed E-state index contributed by atoms with van der Waals surface area (Å²) in [5.74, 6) is 1.29. The third-order valence-electron chi connectivity index (χ3n) is 11.3. The number of nitrogens with one attached hydrogen (secondary N) is 4. The predicted molar refractivity (Wildman–Crippen MR) is 222 cm³/mol. The van der Waals surface area contributed by atoms with E-state index < -0.39 is 18.2 Å². The lowest BCUT2D eigenvalue weighted by atomic mass is 10.0. The van der Waals surface area contributed by atoms with Gasteiger partial charge >= 0.3 is 12.2 Å². The molecular formula is C44H49N9O6. The number of nitrogens with zero attached hydrogens (tertiary/aromatic N) is 5. The normalized spacial score (nSPS) is 18.0. The second-order valence-corrected chi connectivity index (χ2v) is 15.4. The van der Waals surface area contributed by atoms with Gasteiger partial charge in [-0.15, -0.1) is 0 Å². The van der Waals surface area contributed by atoms with E-state index >= 15 is 0 Å². The number of carbonyl (C=O) groups is 3. The quantitative estimate of drug-likeness (QED) is 0.0976. The van der Waals surface area contributed by atoms with Gasteiger partial charge in [-0.1, -0.05) is 62.4 Å². The first-order chi connectivity index (χ1) is 28.7. The molecule has 2 aliphatic rings. The Morgan fingerprint density at radius 2 is 1.53 bits per heavy atom. The molecule has 0 unspecified atom stereocenters. The average Bonchev–Trinajstić information content (AvgIpc) is 4.10. The number of methoxy groups -OCH3 is 2. The van der Waals surface area contributed by atoms with Crippen molar-refractivity contribution in [2.75, 3.05) is 33.9 Å². The lowest BCUT2D eigenvalue weighted by Gasteiger charge is -2.29. The minimum Gasteiger partial charge on any atom is -0.453 e. The van der Waals surface area contributed by atoms with Gasteiger partial charge < -0.3 is 35.0 Å². The number of aromatic nitrogens is 5. The summed E-state index contributed by atoms with van der Waals surface area (Å²) >= 11 is 0. The van der Waals surface area contributed by atoms with Crippen molar-refractivity contribution in [3.05, 3.63) is 102 Å². The third-order valence-corrected chi connectivity index (χ3v) is 11.3. The maximum atomic E-state index is 13.6. The first-order valence-electron chi connectivity index (χ1n) is 20.1. The Balaban J connectivity index is 0.952. The Kier molecular flexibility index (Phi) is 11.6. The van der Waals surface area contributed by atoms with E-state index in [1.54, 1.807) is 0 Å². The summed E-state index contributed by atoms with van der Waals surface area (Å²) in [5, 5.41) is 8.53. The Labute approximate surface area is 341 Å². The van der Waals surface area contributed by atoms with Crippen molar-refractivity contribution in [1.29, 1.82) is 0 Å². The van der Waals surface area contributed by atoms with Crippen molar-refractivity contribution in [2.24, 2.45) is 5.92 Å². The Bertz CT molecular complexity index is 2450. The van der Waals surface area contributed by atoms with E-state index in [-0.39, 0.29) is 36.6 Å². The molecule has 3 aromatic carbocycles. The molecule has 306 valence electrons. The van der Waals surface area contributed by atoms with Crippen LogP contribution in [0.1, 0.15) is 74.9 Å². The number of hydrogen-bond donors (Lipinski definition) is 4. The monoisotopic (exact) mass is 799 g/mol. The molecule has 6 aromatic rings. The lowest BCUT2D eigenvalue weighted by molar-refractivity contribution is -0.177. The number of pyridine rings is 1. The third kappa shape index (κ3) is 8.47. The fourth-order valence-corrected chi connectivity index (χ4v) is 8.11. The zero-order valence-electron chi connectivity index (χ0n) is 33.6. The van der Waals surface area contributed by atoms with Gasteiger partial charge in [-0.2, -0.15) is 5.06 Å². The van der Waals surface area contributed by atoms with Crippen molar-refractivity contribution >= 4 is 40.0 Å². The van der Waals surface area contributed by atoms with Crippen LogP contribution in [-0.2, 0) is 19.1 Å². The van der Waals surface area contributed by atoms with E-state index in [1.807, 2.05) is 72.6 Å². The maximum absolute atomic E-state index is 13.6. The first kappa shape index (κ1) is 39.5. The highest BCUT2D eigenvalue weighted by molar-refractivity contribution is 5.90. The molecule has 0 spiro atoms. The molecule has 0 saturated carbocycles. The average molecular weight is 800 g/mol. The SMILES string of the molecule is COC(=O)N[C@@H](CON1CCC[C@H]1c1ncc(-c2cnc3cc(-c4ccc5nc([C@@H]6CCCN6C(=O)[C@@H](NC(=O)OC)C(C)C)[nH]c5c4)ccc3c2)[nH]1)c1ccccc1. The van der Waals surface area contributed by atoms with Gasteiger partial charge in [-0.05, 0) is 72.6 Å². The number of likely N-dealkylation sites (tertiary alicyclic amines) is 1. The van der Waals surface area contributed by atoms with Crippen LogP contribution in [0.2, 0.25) is 0 Å². The highest BCUT2D eigenvalue weighted by atomic mass is 16.7. The largest absolute Gasteiger partial charge is 0.453 e. The number of ether oxygens (including phenoxy) is 2. The van der Waals surface area contributed by atoms with Crippen LogP contribution >= 0.6 is 0 Å². The van der Waals surface area contributed by atoms with Crippen LogP contribution in [0, 0.1) is 5.92 Å². The van der Waals surface area contributed by atoms with Gasteiger partial charge in [0.2, 0.25) is 5.91 Å². The number of hydroxylamine groups is 2.